The smallest absolute Gasteiger partial charge is 0.119 e. The molecule has 1 aromatic rings. The molecular formula is C11H16O2S. The molecule has 14 heavy (non-hydrogen) atoms. The molecule has 0 aliphatic rings. The van der Waals surface area contributed by atoms with Crippen LogP contribution in [0.15, 0.2) is 29.2 Å². The second-order valence-corrected chi connectivity index (χ2v) is 4.26. The molecule has 78 valence electrons. The van der Waals surface area contributed by atoms with E-state index in [1.54, 1.807) is 7.11 Å². The van der Waals surface area contributed by atoms with Crippen molar-refractivity contribution in [3.8, 4) is 5.75 Å². The molecule has 0 spiro atoms. The number of rotatable bonds is 4. The summed E-state index contributed by atoms with van der Waals surface area (Å²) < 4.78 is 10.8. The van der Waals surface area contributed by atoms with Crippen molar-refractivity contribution in [3.63, 3.8) is 0 Å². The van der Waals surface area contributed by atoms with Gasteiger partial charge < -0.3 is 9.47 Å². The lowest BCUT2D eigenvalue weighted by molar-refractivity contribution is -0.0146. The molecule has 1 rings (SSSR count). The Labute approximate surface area is 90.6 Å². The Morgan fingerprint density at radius 1 is 1.21 bits per heavy atom. The summed E-state index contributed by atoms with van der Waals surface area (Å²) in [6.07, 6.45) is 0. The molecule has 2 nitrogen and oxygen atoms in total. The molecule has 3 heteroatoms. The minimum absolute atomic E-state index is 0.250. The predicted octanol–water partition coefficient (Wildman–Crippen LogP) is 2.78. The second kappa shape index (κ2) is 4.71. The van der Waals surface area contributed by atoms with E-state index in [0.29, 0.717) is 6.61 Å². The lowest BCUT2D eigenvalue weighted by atomic mass is 10.1. The fourth-order valence-corrected chi connectivity index (χ4v) is 1.01. The molecule has 0 N–H and O–H groups in total. The summed E-state index contributed by atoms with van der Waals surface area (Å²) in [7, 11) is 1.68. The zero-order valence-electron chi connectivity index (χ0n) is 8.78. The quantitative estimate of drug-likeness (QED) is 0.774. The van der Waals surface area contributed by atoms with Crippen LogP contribution in [0, 0.1) is 0 Å². The van der Waals surface area contributed by atoms with Crippen molar-refractivity contribution >= 4 is 12.6 Å². The van der Waals surface area contributed by atoms with Gasteiger partial charge in [-0.15, -0.1) is 12.6 Å². The van der Waals surface area contributed by atoms with Crippen molar-refractivity contribution in [1.82, 2.24) is 0 Å². The normalized spacial score (nSPS) is 11.4. The van der Waals surface area contributed by atoms with E-state index in [0.717, 1.165) is 10.6 Å². The van der Waals surface area contributed by atoms with E-state index in [9.17, 15) is 0 Å². The summed E-state index contributed by atoms with van der Waals surface area (Å²) in [5.74, 6) is 0.841. The van der Waals surface area contributed by atoms with Crippen LogP contribution in [-0.4, -0.2) is 19.3 Å². The molecule has 0 unspecified atom stereocenters. The van der Waals surface area contributed by atoms with Crippen molar-refractivity contribution in [2.45, 2.75) is 24.3 Å². The summed E-state index contributed by atoms with van der Waals surface area (Å²) in [5, 5.41) is 0. The number of hydrogen-bond donors (Lipinski definition) is 1. The highest BCUT2D eigenvalue weighted by atomic mass is 32.1. The molecule has 0 aromatic heterocycles. The van der Waals surface area contributed by atoms with Crippen molar-refractivity contribution < 1.29 is 9.47 Å². The third-order valence-corrected chi connectivity index (χ3v) is 2.27. The predicted molar refractivity (Wildman–Crippen MR) is 60.3 cm³/mol. The van der Waals surface area contributed by atoms with E-state index in [1.807, 2.05) is 38.1 Å². The third-order valence-electron chi connectivity index (χ3n) is 1.98. The highest BCUT2D eigenvalue weighted by molar-refractivity contribution is 7.80. The SMILES string of the molecule is COC(C)(C)COc1ccc(S)cc1. The van der Waals surface area contributed by atoms with E-state index < -0.39 is 0 Å². The van der Waals surface area contributed by atoms with Crippen molar-refractivity contribution in [1.29, 1.82) is 0 Å². The van der Waals surface area contributed by atoms with Crippen LogP contribution in [0.1, 0.15) is 13.8 Å². The monoisotopic (exact) mass is 212 g/mol. The van der Waals surface area contributed by atoms with Gasteiger partial charge in [-0.25, -0.2) is 0 Å². The Morgan fingerprint density at radius 3 is 2.29 bits per heavy atom. The van der Waals surface area contributed by atoms with Crippen LogP contribution in [0.3, 0.4) is 0 Å². The van der Waals surface area contributed by atoms with Crippen LogP contribution in [0.4, 0.5) is 0 Å². The minimum atomic E-state index is -0.250. The lowest BCUT2D eigenvalue weighted by Gasteiger charge is -2.22. The maximum Gasteiger partial charge on any atom is 0.119 e. The summed E-state index contributed by atoms with van der Waals surface area (Å²) in [5.41, 5.74) is -0.250. The first kappa shape index (κ1) is 11.4. The maximum absolute atomic E-state index is 5.56. The topological polar surface area (TPSA) is 18.5 Å². The van der Waals surface area contributed by atoms with E-state index in [4.69, 9.17) is 9.47 Å². The van der Waals surface area contributed by atoms with Crippen molar-refractivity contribution in [2.24, 2.45) is 0 Å². The number of hydrogen-bond acceptors (Lipinski definition) is 3. The number of benzene rings is 1. The molecule has 0 aliphatic carbocycles. The summed E-state index contributed by atoms with van der Waals surface area (Å²) in [6.45, 7) is 4.51. The largest absolute Gasteiger partial charge is 0.491 e. The van der Waals surface area contributed by atoms with E-state index in [1.165, 1.54) is 0 Å². The molecule has 0 saturated carbocycles. The zero-order valence-corrected chi connectivity index (χ0v) is 9.67. The van der Waals surface area contributed by atoms with Gasteiger partial charge >= 0.3 is 0 Å². The van der Waals surface area contributed by atoms with E-state index in [-0.39, 0.29) is 5.60 Å². The van der Waals surface area contributed by atoms with Gasteiger partial charge in [0, 0.05) is 12.0 Å². The fourth-order valence-electron chi connectivity index (χ4n) is 0.858. The van der Waals surface area contributed by atoms with Gasteiger partial charge in [-0.3, -0.25) is 0 Å². The number of ether oxygens (including phenoxy) is 2. The molecule has 0 amide bonds. The molecule has 0 heterocycles. The number of thiol groups is 1. The van der Waals surface area contributed by atoms with Gasteiger partial charge in [0.05, 0.1) is 5.60 Å². The molecular weight excluding hydrogens is 196 g/mol. The van der Waals surface area contributed by atoms with Crippen LogP contribution < -0.4 is 4.74 Å². The van der Waals surface area contributed by atoms with Gasteiger partial charge in [-0.05, 0) is 38.1 Å². The molecule has 0 atom stereocenters. The summed E-state index contributed by atoms with van der Waals surface area (Å²) >= 11 is 4.19. The molecule has 0 aliphatic heterocycles. The Bertz CT molecular complexity index is 280. The summed E-state index contributed by atoms with van der Waals surface area (Å²) in [6, 6.07) is 7.60. The summed E-state index contributed by atoms with van der Waals surface area (Å²) in [4.78, 5) is 0.934. The Morgan fingerprint density at radius 2 is 1.79 bits per heavy atom. The Kier molecular flexibility index (Phi) is 3.84. The first-order chi connectivity index (χ1) is 6.53. The molecule has 0 fully saturated rings. The standard InChI is InChI=1S/C11H16O2S/c1-11(2,12-3)8-13-9-4-6-10(14)7-5-9/h4-7,14H,8H2,1-3H3. The van der Waals surface area contributed by atoms with Gasteiger partial charge in [0.15, 0.2) is 0 Å². The molecule has 0 bridgehead atoms. The van der Waals surface area contributed by atoms with Crippen LogP contribution in [0.25, 0.3) is 0 Å². The van der Waals surface area contributed by atoms with Gasteiger partial charge in [0.25, 0.3) is 0 Å². The van der Waals surface area contributed by atoms with E-state index >= 15 is 0 Å². The van der Waals surface area contributed by atoms with Crippen LogP contribution >= 0.6 is 12.6 Å². The van der Waals surface area contributed by atoms with Crippen LogP contribution in [-0.2, 0) is 4.74 Å². The van der Waals surface area contributed by atoms with Crippen LogP contribution in [0.5, 0.6) is 5.75 Å². The second-order valence-electron chi connectivity index (χ2n) is 3.75. The van der Waals surface area contributed by atoms with Gasteiger partial charge in [0.2, 0.25) is 0 Å². The molecule has 0 radical (unpaired) electrons. The van der Waals surface area contributed by atoms with Gasteiger partial charge in [-0.2, -0.15) is 0 Å². The highest BCUT2D eigenvalue weighted by Gasteiger charge is 2.16. The Balaban J connectivity index is 2.50. The van der Waals surface area contributed by atoms with Crippen molar-refractivity contribution in [2.75, 3.05) is 13.7 Å². The third kappa shape index (κ3) is 3.60. The minimum Gasteiger partial charge on any atom is -0.491 e. The fraction of sp³-hybridized carbons (Fsp3) is 0.455. The highest BCUT2D eigenvalue weighted by Crippen LogP contribution is 2.16. The van der Waals surface area contributed by atoms with E-state index in [2.05, 4.69) is 12.6 Å². The average molecular weight is 212 g/mol. The zero-order chi connectivity index (χ0) is 10.6. The molecule has 0 saturated heterocycles. The Hall–Kier alpha value is -0.670. The number of methoxy groups -OCH3 is 1. The van der Waals surface area contributed by atoms with Crippen molar-refractivity contribution in [3.05, 3.63) is 24.3 Å². The first-order valence-corrected chi connectivity index (χ1v) is 4.95. The van der Waals surface area contributed by atoms with Gasteiger partial charge in [-0.1, -0.05) is 0 Å². The molecule has 1 aromatic carbocycles. The van der Waals surface area contributed by atoms with Gasteiger partial charge in [0.1, 0.15) is 12.4 Å². The average Bonchev–Trinajstić information content (AvgIpc) is 2.17. The maximum atomic E-state index is 5.56. The van der Waals surface area contributed by atoms with Crippen LogP contribution in [0.2, 0.25) is 0 Å². The first-order valence-electron chi connectivity index (χ1n) is 4.50. The lowest BCUT2D eigenvalue weighted by Crippen LogP contribution is -2.30.